The Balaban J connectivity index is 1.42. The van der Waals surface area contributed by atoms with Gasteiger partial charge in [-0.3, -0.25) is 9.69 Å². The molecule has 6 rings (SSSR count). The summed E-state index contributed by atoms with van der Waals surface area (Å²) in [6.45, 7) is 0.123. The molecule has 6 atom stereocenters. The van der Waals surface area contributed by atoms with Crippen LogP contribution in [0.15, 0.2) is 24.3 Å². The van der Waals surface area contributed by atoms with E-state index < -0.39 is 42.9 Å². The highest BCUT2D eigenvalue weighted by Gasteiger charge is 2.54. The first-order valence-electron chi connectivity index (χ1n) is 12.2. The number of carbonyl (C=O) groups excluding carboxylic acids is 1. The Labute approximate surface area is 212 Å². The molecule has 3 aliphatic heterocycles. The number of benzene rings is 2. The van der Waals surface area contributed by atoms with Crippen molar-refractivity contribution in [3.63, 3.8) is 0 Å². The Bertz CT molecular complexity index is 1250. The monoisotopic (exact) mass is 515 g/mol. The maximum Gasteiger partial charge on any atom is 0.231 e. The highest BCUT2D eigenvalue weighted by Crippen LogP contribution is 2.52. The second kappa shape index (κ2) is 8.83. The smallest absolute Gasteiger partial charge is 0.231 e. The standard InChI is InChI=1S/C26H29NO10/c1-27-6-5-12-7-16(33-2)17(36-25-22(31)21(30)20(29)18(10-28)37-25)8-14(12)26(27)9-13-3-4-15-23(35-11-34-15)19(13)24(26)32/h3-4,7-8,18,20-22,25,28-31H,5-6,9-11H2,1-2H3/t18-,20-,21+,22-,25-,26-/m0/s1. The van der Waals surface area contributed by atoms with Gasteiger partial charge in [-0.1, -0.05) is 6.07 Å². The van der Waals surface area contributed by atoms with E-state index >= 15 is 0 Å². The average molecular weight is 516 g/mol. The lowest BCUT2D eigenvalue weighted by atomic mass is 9.77. The summed E-state index contributed by atoms with van der Waals surface area (Å²) in [5, 5.41) is 40.4. The molecule has 0 radical (unpaired) electrons. The molecule has 0 unspecified atom stereocenters. The van der Waals surface area contributed by atoms with E-state index in [1.807, 2.05) is 30.1 Å². The Morgan fingerprint density at radius 3 is 2.65 bits per heavy atom. The molecule has 198 valence electrons. The molecule has 1 fully saturated rings. The number of ether oxygens (including phenoxy) is 5. The van der Waals surface area contributed by atoms with Crippen LogP contribution in [0.2, 0.25) is 0 Å². The molecule has 37 heavy (non-hydrogen) atoms. The minimum atomic E-state index is -1.59. The molecule has 0 amide bonds. The third kappa shape index (κ3) is 3.46. The average Bonchev–Trinajstić information content (AvgIpc) is 3.49. The molecule has 0 saturated carbocycles. The minimum Gasteiger partial charge on any atom is -0.493 e. The Kier molecular flexibility index (Phi) is 5.82. The van der Waals surface area contributed by atoms with Crippen molar-refractivity contribution in [1.82, 2.24) is 4.90 Å². The Morgan fingerprint density at radius 1 is 1.08 bits per heavy atom. The molecular formula is C26H29NO10. The van der Waals surface area contributed by atoms with Gasteiger partial charge in [-0.2, -0.15) is 0 Å². The van der Waals surface area contributed by atoms with Crippen molar-refractivity contribution in [2.75, 3.05) is 34.1 Å². The van der Waals surface area contributed by atoms with Gasteiger partial charge in [-0.15, -0.1) is 0 Å². The summed E-state index contributed by atoms with van der Waals surface area (Å²) in [4.78, 5) is 16.2. The van der Waals surface area contributed by atoms with Gasteiger partial charge in [0, 0.05) is 13.0 Å². The van der Waals surface area contributed by atoms with Crippen LogP contribution in [0.4, 0.5) is 0 Å². The van der Waals surface area contributed by atoms with Crippen molar-refractivity contribution < 1.29 is 48.9 Å². The molecule has 2 aromatic rings. The van der Waals surface area contributed by atoms with Crippen molar-refractivity contribution in [1.29, 1.82) is 0 Å². The zero-order valence-corrected chi connectivity index (χ0v) is 20.4. The summed E-state index contributed by atoms with van der Waals surface area (Å²) in [7, 11) is 3.39. The first-order valence-corrected chi connectivity index (χ1v) is 12.2. The van der Waals surface area contributed by atoms with E-state index in [1.54, 1.807) is 6.07 Å². The zero-order valence-electron chi connectivity index (χ0n) is 20.4. The van der Waals surface area contributed by atoms with E-state index in [9.17, 15) is 25.2 Å². The molecular weight excluding hydrogens is 486 g/mol. The number of fused-ring (bicyclic) bond motifs is 5. The van der Waals surface area contributed by atoms with E-state index in [0.29, 0.717) is 42.2 Å². The summed E-state index contributed by atoms with van der Waals surface area (Å²) in [6, 6.07) is 7.24. The van der Waals surface area contributed by atoms with Crippen molar-refractivity contribution in [3.05, 3.63) is 46.5 Å². The number of Topliss-reactive ketones (excluding diaryl/α,β-unsaturated/α-hetero) is 1. The number of carbonyl (C=O) groups is 1. The summed E-state index contributed by atoms with van der Waals surface area (Å²) in [6.07, 6.45) is -6.12. The lowest BCUT2D eigenvalue weighted by Gasteiger charge is -2.43. The van der Waals surface area contributed by atoms with Crippen LogP contribution in [-0.4, -0.2) is 95.9 Å². The van der Waals surface area contributed by atoms with Crippen molar-refractivity contribution in [3.8, 4) is 23.0 Å². The Hall–Kier alpha value is -2.93. The molecule has 1 spiro atoms. The lowest BCUT2D eigenvalue weighted by Crippen LogP contribution is -2.60. The number of rotatable bonds is 4. The molecule has 11 heteroatoms. The van der Waals surface area contributed by atoms with E-state index in [0.717, 1.165) is 16.7 Å². The van der Waals surface area contributed by atoms with Gasteiger partial charge < -0.3 is 44.1 Å². The molecule has 4 aliphatic rings. The normalized spacial score (nSPS) is 32.4. The predicted molar refractivity (Wildman–Crippen MR) is 126 cm³/mol. The van der Waals surface area contributed by atoms with Crippen molar-refractivity contribution in [2.45, 2.75) is 49.1 Å². The fraction of sp³-hybridized carbons (Fsp3) is 0.500. The molecule has 4 N–H and O–H groups in total. The number of aliphatic hydroxyl groups excluding tert-OH is 4. The molecule has 0 bridgehead atoms. The zero-order chi connectivity index (χ0) is 26.1. The summed E-state index contributed by atoms with van der Waals surface area (Å²) >= 11 is 0. The summed E-state index contributed by atoms with van der Waals surface area (Å²) in [5.41, 5.74) is 2.01. The fourth-order valence-corrected chi connectivity index (χ4v) is 5.92. The van der Waals surface area contributed by atoms with E-state index in [-0.39, 0.29) is 18.3 Å². The molecule has 11 nitrogen and oxygen atoms in total. The Morgan fingerprint density at radius 2 is 1.89 bits per heavy atom. The quantitative estimate of drug-likeness (QED) is 0.426. The number of methoxy groups -OCH3 is 1. The lowest BCUT2D eigenvalue weighted by molar-refractivity contribution is -0.277. The maximum absolute atomic E-state index is 14.2. The molecule has 3 heterocycles. The van der Waals surface area contributed by atoms with Crippen LogP contribution in [0.3, 0.4) is 0 Å². The van der Waals surface area contributed by atoms with Gasteiger partial charge in [0.05, 0.1) is 19.3 Å². The number of hydrogen-bond donors (Lipinski definition) is 4. The fourth-order valence-electron chi connectivity index (χ4n) is 5.92. The highest BCUT2D eigenvalue weighted by molar-refractivity contribution is 6.11. The van der Waals surface area contributed by atoms with Gasteiger partial charge in [0.15, 0.2) is 28.8 Å². The van der Waals surface area contributed by atoms with Crippen LogP contribution in [0.5, 0.6) is 23.0 Å². The number of hydrogen-bond acceptors (Lipinski definition) is 11. The largest absolute Gasteiger partial charge is 0.493 e. The SMILES string of the molecule is COc1cc2c(cc1O[C@H]1O[C@@H](CO)[C@H](O)[C@@H](O)[C@@H]1O)[C@]1(Cc3ccc4c(c3C1=O)OCO4)N(C)CC2. The van der Waals surface area contributed by atoms with Crippen molar-refractivity contribution >= 4 is 5.78 Å². The third-order valence-electron chi connectivity index (χ3n) is 7.97. The van der Waals surface area contributed by atoms with Crippen LogP contribution in [-0.2, 0) is 23.1 Å². The number of likely N-dealkylation sites (N-methyl/N-ethyl adjacent to an activating group) is 1. The predicted octanol–water partition coefficient (Wildman–Crippen LogP) is -0.275. The first kappa shape index (κ1) is 24.4. The summed E-state index contributed by atoms with van der Waals surface area (Å²) in [5.74, 6) is 1.46. The van der Waals surface area contributed by atoms with Gasteiger partial charge in [0.2, 0.25) is 13.1 Å². The van der Waals surface area contributed by atoms with Gasteiger partial charge in [-0.05, 0) is 48.4 Å². The van der Waals surface area contributed by atoms with Gasteiger partial charge in [0.1, 0.15) is 30.0 Å². The van der Waals surface area contributed by atoms with Crippen LogP contribution in [0.1, 0.15) is 27.0 Å². The van der Waals surface area contributed by atoms with Crippen LogP contribution < -0.4 is 18.9 Å². The van der Waals surface area contributed by atoms with Crippen LogP contribution in [0.25, 0.3) is 0 Å². The number of ketones is 1. The van der Waals surface area contributed by atoms with Gasteiger partial charge in [0.25, 0.3) is 0 Å². The molecule has 1 aliphatic carbocycles. The number of aliphatic hydroxyl groups is 4. The topological polar surface area (TPSA) is 147 Å². The second-order valence-electron chi connectivity index (χ2n) is 9.85. The summed E-state index contributed by atoms with van der Waals surface area (Å²) < 4.78 is 28.2. The van der Waals surface area contributed by atoms with Crippen molar-refractivity contribution in [2.24, 2.45) is 0 Å². The molecule has 1 saturated heterocycles. The molecule has 2 aromatic carbocycles. The van der Waals surface area contributed by atoms with E-state index in [4.69, 9.17) is 23.7 Å². The van der Waals surface area contributed by atoms with Crippen LogP contribution in [0, 0.1) is 0 Å². The highest BCUT2D eigenvalue weighted by atomic mass is 16.7. The molecule has 0 aromatic heterocycles. The third-order valence-corrected chi connectivity index (χ3v) is 7.97. The minimum absolute atomic E-state index is 0.0623. The number of nitrogens with zero attached hydrogens (tertiary/aromatic N) is 1. The van der Waals surface area contributed by atoms with Gasteiger partial charge >= 0.3 is 0 Å². The second-order valence-corrected chi connectivity index (χ2v) is 9.85. The van der Waals surface area contributed by atoms with Crippen LogP contribution >= 0.6 is 0 Å². The maximum atomic E-state index is 14.2. The van der Waals surface area contributed by atoms with Gasteiger partial charge in [-0.25, -0.2) is 0 Å². The van der Waals surface area contributed by atoms with E-state index in [1.165, 1.54) is 7.11 Å². The van der Waals surface area contributed by atoms with E-state index in [2.05, 4.69) is 0 Å². The first-order chi connectivity index (χ1) is 17.8.